The minimum atomic E-state index is -0.561. The van der Waals surface area contributed by atoms with Crippen molar-refractivity contribution in [2.24, 2.45) is 0 Å². The third-order valence-electron chi connectivity index (χ3n) is 5.83. The highest BCUT2D eigenvalue weighted by Gasteiger charge is 2.19. The molecule has 0 fully saturated rings. The summed E-state index contributed by atoms with van der Waals surface area (Å²) in [6.45, 7) is 8.32. The molecule has 3 rings (SSSR count). The molecule has 0 saturated carbocycles. The van der Waals surface area contributed by atoms with Crippen LogP contribution in [0.4, 0.5) is 20.2 Å². The van der Waals surface area contributed by atoms with Crippen LogP contribution < -0.4 is 16.0 Å². The average molecular weight is 468 g/mol. The molecule has 33 heavy (non-hydrogen) atoms. The number of anilines is 2. The number of carbonyl (C=O) groups is 1. The molecule has 0 spiro atoms. The molecule has 0 aliphatic heterocycles. The first kappa shape index (κ1) is 24.3. The Hall–Kier alpha value is -3.32. The van der Waals surface area contributed by atoms with Gasteiger partial charge in [0.05, 0.1) is 5.56 Å². The molecule has 0 atom stereocenters. The van der Waals surface area contributed by atoms with Gasteiger partial charge in [-0.15, -0.1) is 0 Å². The van der Waals surface area contributed by atoms with Crippen molar-refractivity contribution < 1.29 is 13.6 Å². The fourth-order valence-corrected chi connectivity index (χ4v) is 3.85. The SMILES string of the molecule is Cc1c(C)c(NC(=S)NCCc2ccc(F)cc2)c(C)c(C)c1NC(=O)c1ccccc1F. The summed E-state index contributed by atoms with van der Waals surface area (Å²) >= 11 is 5.47. The van der Waals surface area contributed by atoms with Crippen molar-refractivity contribution in [1.29, 1.82) is 0 Å². The van der Waals surface area contributed by atoms with Crippen LogP contribution in [0.1, 0.15) is 38.2 Å². The highest BCUT2D eigenvalue weighted by molar-refractivity contribution is 7.80. The van der Waals surface area contributed by atoms with Crippen LogP contribution in [-0.4, -0.2) is 17.6 Å². The molecule has 4 nitrogen and oxygen atoms in total. The van der Waals surface area contributed by atoms with Crippen molar-refractivity contribution >= 4 is 34.6 Å². The Bertz CT molecular complexity index is 1160. The predicted octanol–water partition coefficient (Wildman–Crippen LogP) is 5.98. The molecule has 0 aliphatic carbocycles. The van der Waals surface area contributed by atoms with Gasteiger partial charge in [-0.2, -0.15) is 0 Å². The quantitative estimate of drug-likeness (QED) is 0.391. The van der Waals surface area contributed by atoms with Crippen LogP contribution in [0.5, 0.6) is 0 Å². The highest BCUT2D eigenvalue weighted by atomic mass is 32.1. The summed E-state index contributed by atoms with van der Waals surface area (Å²) in [6.07, 6.45) is 0.707. The van der Waals surface area contributed by atoms with E-state index in [0.29, 0.717) is 23.8 Å². The molecule has 0 bridgehead atoms. The second kappa shape index (κ2) is 10.5. The van der Waals surface area contributed by atoms with E-state index in [9.17, 15) is 13.6 Å². The van der Waals surface area contributed by atoms with E-state index in [2.05, 4.69) is 16.0 Å². The van der Waals surface area contributed by atoms with Crippen molar-refractivity contribution in [3.05, 3.63) is 93.5 Å². The molecule has 0 aliphatic rings. The van der Waals surface area contributed by atoms with Gasteiger partial charge in [0.25, 0.3) is 5.91 Å². The molecule has 1 amide bonds. The average Bonchev–Trinajstić information content (AvgIpc) is 2.80. The number of carbonyl (C=O) groups excluding carboxylic acids is 1. The van der Waals surface area contributed by atoms with E-state index in [1.54, 1.807) is 24.3 Å². The molecule has 0 radical (unpaired) electrons. The summed E-state index contributed by atoms with van der Waals surface area (Å²) in [5, 5.41) is 9.79. The Balaban J connectivity index is 1.72. The van der Waals surface area contributed by atoms with E-state index in [0.717, 1.165) is 33.5 Å². The minimum absolute atomic E-state index is 0.000315. The van der Waals surface area contributed by atoms with Crippen molar-refractivity contribution in [3.8, 4) is 0 Å². The van der Waals surface area contributed by atoms with Gasteiger partial charge >= 0.3 is 0 Å². The van der Waals surface area contributed by atoms with Crippen LogP contribution in [-0.2, 0) is 6.42 Å². The third-order valence-corrected chi connectivity index (χ3v) is 6.08. The molecule has 0 saturated heterocycles. The van der Waals surface area contributed by atoms with Crippen LogP contribution in [0.2, 0.25) is 0 Å². The van der Waals surface area contributed by atoms with Crippen LogP contribution >= 0.6 is 12.2 Å². The largest absolute Gasteiger partial charge is 0.362 e. The van der Waals surface area contributed by atoms with Crippen molar-refractivity contribution in [1.82, 2.24) is 5.32 Å². The molecule has 0 aromatic heterocycles. The molecule has 3 aromatic rings. The molecular weight excluding hydrogens is 440 g/mol. The van der Waals surface area contributed by atoms with Gasteiger partial charge in [0.15, 0.2) is 5.11 Å². The highest BCUT2D eigenvalue weighted by Crippen LogP contribution is 2.34. The summed E-state index contributed by atoms with van der Waals surface area (Å²) < 4.78 is 27.1. The fraction of sp³-hybridized carbons (Fsp3) is 0.231. The van der Waals surface area contributed by atoms with Crippen molar-refractivity contribution in [3.63, 3.8) is 0 Å². The van der Waals surface area contributed by atoms with Crippen molar-refractivity contribution in [2.45, 2.75) is 34.1 Å². The lowest BCUT2D eigenvalue weighted by Crippen LogP contribution is -2.31. The number of hydrogen-bond acceptors (Lipinski definition) is 2. The van der Waals surface area contributed by atoms with Gasteiger partial charge in [0.2, 0.25) is 0 Å². The molecule has 0 unspecified atom stereocenters. The van der Waals surface area contributed by atoms with E-state index in [1.165, 1.54) is 24.3 Å². The normalized spacial score (nSPS) is 10.6. The maximum atomic E-state index is 14.0. The topological polar surface area (TPSA) is 53.2 Å². The molecule has 0 heterocycles. The van der Waals surface area contributed by atoms with Gasteiger partial charge in [-0.1, -0.05) is 24.3 Å². The Morgan fingerprint density at radius 2 is 1.36 bits per heavy atom. The zero-order chi connectivity index (χ0) is 24.1. The molecule has 3 N–H and O–H groups in total. The van der Waals surface area contributed by atoms with Crippen molar-refractivity contribution in [2.75, 3.05) is 17.2 Å². The molecular formula is C26H27F2N3OS. The summed E-state index contributed by atoms with van der Waals surface area (Å²) in [5.41, 5.74) is 6.17. The first-order chi connectivity index (χ1) is 15.7. The molecule has 172 valence electrons. The van der Waals surface area contributed by atoms with Crippen LogP contribution in [0.25, 0.3) is 0 Å². The van der Waals surface area contributed by atoms with Gasteiger partial charge in [-0.25, -0.2) is 8.78 Å². The lowest BCUT2D eigenvalue weighted by atomic mass is 9.95. The van der Waals surface area contributed by atoms with Gasteiger partial charge in [-0.3, -0.25) is 4.79 Å². The number of halogens is 2. The van der Waals surface area contributed by atoms with Gasteiger partial charge in [-0.05, 0) is 98.4 Å². The van der Waals surface area contributed by atoms with Gasteiger partial charge in [0.1, 0.15) is 11.6 Å². The summed E-state index contributed by atoms with van der Waals surface area (Å²) in [7, 11) is 0. The Labute approximate surface area is 198 Å². The molecule has 3 aromatic carbocycles. The third kappa shape index (κ3) is 5.73. The second-order valence-corrected chi connectivity index (χ2v) is 8.35. The number of nitrogens with one attached hydrogen (secondary N) is 3. The first-order valence-corrected chi connectivity index (χ1v) is 11.1. The molecule has 7 heteroatoms. The summed E-state index contributed by atoms with van der Waals surface area (Å²) in [4.78, 5) is 12.7. The minimum Gasteiger partial charge on any atom is -0.362 e. The number of hydrogen-bond donors (Lipinski definition) is 3. The number of thiocarbonyl (C=S) groups is 1. The van der Waals surface area contributed by atoms with E-state index in [4.69, 9.17) is 12.2 Å². The van der Waals surface area contributed by atoms with E-state index in [1.807, 2.05) is 27.7 Å². The van der Waals surface area contributed by atoms with E-state index >= 15 is 0 Å². The monoisotopic (exact) mass is 467 g/mol. The predicted molar refractivity (Wildman–Crippen MR) is 134 cm³/mol. The Morgan fingerprint density at radius 3 is 1.94 bits per heavy atom. The smallest absolute Gasteiger partial charge is 0.258 e. The number of rotatable bonds is 6. The number of amides is 1. The number of benzene rings is 3. The van der Waals surface area contributed by atoms with Crippen LogP contribution in [0.15, 0.2) is 48.5 Å². The van der Waals surface area contributed by atoms with Crippen LogP contribution in [0, 0.1) is 39.3 Å². The maximum absolute atomic E-state index is 14.0. The van der Waals surface area contributed by atoms with E-state index < -0.39 is 11.7 Å². The zero-order valence-corrected chi connectivity index (χ0v) is 19.9. The zero-order valence-electron chi connectivity index (χ0n) is 19.1. The first-order valence-electron chi connectivity index (χ1n) is 10.6. The van der Waals surface area contributed by atoms with Crippen LogP contribution in [0.3, 0.4) is 0 Å². The lowest BCUT2D eigenvalue weighted by molar-refractivity contribution is 0.102. The summed E-state index contributed by atoms with van der Waals surface area (Å²) in [5.74, 6) is -1.31. The fourth-order valence-electron chi connectivity index (χ4n) is 3.64. The Kier molecular flexibility index (Phi) is 7.76. The summed E-state index contributed by atoms with van der Waals surface area (Å²) in [6, 6.07) is 12.3. The Morgan fingerprint density at radius 1 is 0.818 bits per heavy atom. The lowest BCUT2D eigenvalue weighted by Gasteiger charge is -2.22. The van der Waals surface area contributed by atoms with E-state index in [-0.39, 0.29) is 11.4 Å². The standard InChI is InChI=1S/C26H27F2N3OS/c1-15-17(3)24(31-26(33)29-14-13-19-9-11-20(27)12-10-19)18(4)16(2)23(15)30-25(32)21-7-5-6-8-22(21)28/h5-12H,13-14H2,1-4H3,(H,30,32)(H2,29,31,33). The van der Waals surface area contributed by atoms with Gasteiger partial charge < -0.3 is 16.0 Å². The van der Waals surface area contributed by atoms with Gasteiger partial charge in [0, 0.05) is 17.9 Å². The second-order valence-electron chi connectivity index (χ2n) is 7.94. The maximum Gasteiger partial charge on any atom is 0.258 e.